The standard InChI is InChI=1S/C12H20N2O3/c1-4-7-14(9-10(2)12(16)17)8-5-6-13-11(3)15/h1,10H,5-9H2,2-3H3,(H,13,15)(H,16,17). The maximum atomic E-state index is 10.7. The van der Waals surface area contributed by atoms with Crippen LogP contribution < -0.4 is 5.32 Å². The minimum Gasteiger partial charge on any atom is -0.481 e. The van der Waals surface area contributed by atoms with Crippen LogP contribution in [0.3, 0.4) is 0 Å². The predicted octanol–water partition coefficient (Wildman–Crippen LogP) is 0.169. The molecule has 0 saturated carbocycles. The molecule has 0 aromatic rings. The number of nitrogens with zero attached hydrogens (tertiary/aromatic N) is 1. The first-order chi connectivity index (χ1) is 7.97. The molecular formula is C12H20N2O3. The van der Waals surface area contributed by atoms with Gasteiger partial charge in [0.1, 0.15) is 0 Å². The van der Waals surface area contributed by atoms with Crippen LogP contribution in [0.15, 0.2) is 0 Å². The third-order valence-corrected chi connectivity index (χ3v) is 2.29. The number of carboxylic acid groups (broad SMARTS) is 1. The molecule has 17 heavy (non-hydrogen) atoms. The van der Waals surface area contributed by atoms with Crippen molar-refractivity contribution in [3.8, 4) is 12.3 Å². The molecule has 0 rings (SSSR count). The van der Waals surface area contributed by atoms with Crippen LogP contribution in [0.2, 0.25) is 0 Å². The fraction of sp³-hybridized carbons (Fsp3) is 0.667. The lowest BCUT2D eigenvalue weighted by Gasteiger charge is -2.21. The van der Waals surface area contributed by atoms with Crippen LogP contribution in [0.25, 0.3) is 0 Å². The summed E-state index contributed by atoms with van der Waals surface area (Å²) >= 11 is 0. The smallest absolute Gasteiger partial charge is 0.307 e. The van der Waals surface area contributed by atoms with Crippen LogP contribution in [-0.2, 0) is 9.59 Å². The van der Waals surface area contributed by atoms with Gasteiger partial charge in [0.15, 0.2) is 0 Å². The summed E-state index contributed by atoms with van der Waals surface area (Å²) in [6.07, 6.45) is 5.98. The van der Waals surface area contributed by atoms with E-state index in [2.05, 4.69) is 11.2 Å². The molecule has 0 radical (unpaired) electrons. The van der Waals surface area contributed by atoms with Crippen LogP contribution in [0, 0.1) is 18.3 Å². The normalized spacial score (nSPS) is 11.9. The second-order valence-corrected chi connectivity index (χ2v) is 4.02. The predicted molar refractivity (Wildman–Crippen MR) is 65.4 cm³/mol. The zero-order valence-corrected chi connectivity index (χ0v) is 10.4. The van der Waals surface area contributed by atoms with Crippen molar-refractivity contribution in [3.05, 3.63) is 0 Å². The van der Waals surface area contributed by atoms with Crippen molar-refractivity contribution in [1.82, 2.24) is 10.2 Å². The van der Waals surface area contributed by atoms with Gasteiger partial charge in [0.2, 0.25) is 5.91 Å². The van der Waals surface area contributed by atoms with Gasteiger partial charge in [-0.25, -0.2) is 0 Å². The van der Waals surface area contributed by atoms with Crippen LogP contribution in [0.1, 0.15) is 20.3 Å². The second kappa shape index (κ2) is 8.59. The number of rotatable bonds is 8. The molecule has 0 bridgehead atoms. The molecule has 0 saturated heterocycles. The third-order valence-electron chi connectivity index (χ3n) is 2.29. The van der Waals surface area contributed by atoms with Crippen molar-refractivity contribution in [1.29, 1.82) is 0 Å². The average molecular weight is 240 g/mol. The monoisotopic (exact) mass is 240 g/mol. The number of carbonyl (C=O) groups is 2. The van der Waals surface area contributed by atoms with Crippen molar-refractivity contribution >= 4 is 11.9 Å². The summed E-state index contributed by atoms with van der Waals surface area (Å²) < 4.78 is 0. The van der Waals surface area contributed by atoms with Crippen molar-refractivity contribution < 1.29 is 14.7 Å². The quantitative estimate of drug-likeness (QED) is 0.468. The molecule has 96 valence electrons. The van der Waals surface area contributed by atoms with Crippen LogP contribution in [0.4, 0.5) is 0 Å². The number of carbonyl (C=O) groups excluding carboxylic acids is 1. The molecule has 0 aliphatic carbocycles. The van der Waals surface area contributed by atoms with Gasteiger partial charge in [-0.2, -0.15) is 0 Å². The van der Waals surface area contributed by atoms with E-state index in [0.29, 0.717) is 26.2 Å². The molecule has 0 spiro atoms. The fourth-order valence-corrected chi connectivity index (χ4v) is 1.40. The highest BCUT2D eigenvalue weighted by Gasteiger charge is 2.15. The van der Waals surface area contributed by atoms with Gasteiger partial charge >= 0.3 is 5.97 Å². The highest BCUT2D eigenvalue weighted by atomic mass is 16.4. The number of aliphatic carboxylic acids is 1. The number of carboxylic acids is 1. The first-order valence-electron chi connectivity index (χ1n) is 5.60. The van der Waals surface area contributed by atoms with Gasteiger partial charge in [-0.1, -0.05) is 12.8 Å². The number of terminal acetylenes is 1. The van der Waals surface area contributed by atoms with E-state index in [9.17, 15) is 9.59 Å². The summed E-state index contributed by atoms with van der Waals surface area (Å²) in [4.78, 5) is 23.3. The van der Waals surface area contributed by atoms with E-state index in [1.54, 1.807) is 6.92 Å². The average Bonchev–Trinajstić information content (AvgIpc) is 2.23. The summed E-state index contributed by atoms with van der Waals surface area (Å²) in [5.74, 6) is 1.18. The Balaban J connectivity index is 3.94. The Bertz CT molecular complexity index is 297. The van der Waals surface area contributed by atoms with Crippen molar-refractivity contribution in [3.63, 3.8) is 0 Å². The van der Waals surface area contributed by atoms with E-state index in [1.807, 2.05) is 4.90 Å². The van der Waals surface area contributed by atoms with E-state index in [4.69, 9.17) is 11.5 Å². The topological polar surface area (TPSA) is 69.6 Å². The van der Waals surface area contributed by atoms with E-state index in [-0.39, 0.29) is 5.91 Å². The number of amides is 1. The SMILES string of the molecule is C#CCN(CCCNC(C)=O)CC(C)C(=O)O. The summed E-state index contributed by atoms with van der Waals surface area (Å²) in [5, 5.41) is 11.5. The first kappa shape index (κ1) is 15.5. The van der Waals surface area contributed by atoms with Gasteiger partial charge in [-0.05, 0) is 6.42 Å². The van der Waals surface area contributed by atoms with Gasteiger partial charge in [0.05, 0.1) is 12.5 Å². The van der Waals surface area contributed by atoms with E-state index >= 15 is 0 Å². The summed E-state index contributed by atoms with van der Waals surface area (Å²) in [5.41, 5.74) is 0. The second-order valence-electron chi connectivity index (χ2n) is 4.02. The Hall–Kier alpha value is -1.54. The minimum absolute atomic E-state index is 0.0626. The Morgan fingerprint density at radius 3 is 2.65 bits per heavy atom. The Labute approximate surface area is 102 Å². The molecule has 0 aromatic heterocycles. The zero-order valence-electron chi connectivity index (χ0n) is 10.4. The molecule has 0 aliphatic rings. The summed E-state index contributed by atoms with van der Waals surface area (Å²) in [7, 11) is 0. The Morgan fingerprint density at radius 1 is 1.53 bits per heavy atom. The molecule has 0 heterocycles. The first-order valence-corrected chi connectivity index (χ1v) is 5.60. The summed E-state index contributed by atoms with van der Waals surface area (Å²) in [6.45, 7) is 5.24. The Morgan fingerprint density at radius 2 is 2.18 bits per heavy atom. The lowest BCUT2D eigenvalue weighted by atomic mass is 10.1. The highest BCUT2D eigenvalue weighted by Crippen LogP contribution is 2.00. The summed E-state index contributed by atoms with van der Waals surface area (Å²) in [6, 6.07) is 0. The molecule has 0 aliphatic heterocycles. The van der Waals surface area contributed by atoms with Gasteiger partial charge in [0, 0.05) is 26.6 Å². The molecule has 0 fully saturated rings. The molecule has 1 amide bonds. The third kappa shape index (κ3) is 8.29. The number of hydrogen-bond acceptors (Lipinski definition) is 3. The van der Waals surface area contributed by atoms with E-state index in [1.165, 1.54) is 6.92 Å². The molecule has 5 nitrogen and oxygen atoms in total. The van der Waals surface area contributed by atoms with Crippen LogP contribution in [0.5, 0.6) is 0 Å². The van der Waals surface area contributed by atoms with E-state index < -0.39 is 11.9 Å². The van der Waals surface area contributed by atoms with Crippen molar-refractivity contribution in [2.75, 3.05) is 26.2 Å². The molecule has 1 atom stereocenters. The Kier molecular flexibility index (Phi) is 7.82. The molecule has 2 N–H and O–H groups in total. The van der Waals surface area contributed by atoms with Crippen molar-refractivity contribution in [2.24, 2.45) is 5.92 Å². The number of hydrogen-bond donors (Lipinski definition) is 2. The molecular weight excluding hydrogens is 220 g/mol. The van der Waals surface area contributed by atoms with Crippen LogP contribution >= 0.6 is 0 Å². The molecule has 0 aromatic carbocycles. The number of nitrogens with one attached hydrogen (secondary N) is 1. The fourth-order valence-electron chi connectivity index (χ4n) is 1.40. The van der Waals surface area contributed by atoms with Gasteiger partial charge in [-0.3, -0.25) is 14.5 Å². The highest BCUT2D eigenvalue weighted by molar-refractivity contribution is 5.72. The van der Waals surface area contributed by atoms with Crippen molar-refractivity contribution in [2.45, 2.75) is 20.3 Å². The minimum atomic E-state index is -0.825. The van der Waals surface area contributed by atoms with E-state index in [0.717, 1.165) is 6.42 Å². The molecule has 5 heteroatoms. The maximum Gasteiger partial charge on any atom is 0.307 e. The van der Waals surface area contributed by atoms with Gasteiger partial charge < -0.3 is 10.4 Å². The lowest BCUT2D eigenvalue weighted by molar-refractivity contribution is -0.141. The lowest BCUT2D eigenvalue weighted by Crippen LogP contribution is -2.34. The van der Waals surface area contributed by atoms with Gasteiger partial charge in [0.25, 0.3) is 0 Å². The zero-order chi connectivity index (χ0) is 13.3. The van der Waals surface area contributed by atoms with Crippen LogP contribution in [-0.4, -0.2) is 48.1 Å². The molecule has 1 unspecified atom stereocenters. The largest absolute Gasteiger partial charge is 0.481 e. The van der Waals surface area contributed by atoms with Gasteiger partial charge in [-0.15, -0.1) is 6.42 Å². The maximum absolute atomic E-state index is 10.7.